The Bertz CT molecular complexity index is 494. The lowest BCUT2D eigenvalue weighted by atomic mass is 10.1. The van der Waals surface area contributed by atoms with Crippen molar-refractivity contribution >= 4 is 17.9 Å². The Labute approximate surface area is 117 Å². The SMILES string of the molecule is CC(C)(C)Nc1nc(C(=O)[O-])nc(N2CCOCC2)n1. The first-order chi connectivity index (χ1) is 9.35. The quantitative estimate of drug-likeness (QED) is 0.774. The average molecular weight is 280 g/mol. The van der Waals surface area contributed by atoms with Crippen LogP contribution in [0.5, 0.6) is 0 Å². The Kier molecular flexibility index (Phi) is 4.03. The standard InChI is InChI=1S/C12H19N5O3/c1-12(2,3)16-10-13-8(9(18)19)14-11(15-10)17-4-6-20-7-5-17/h4-7H2,1-3H3,(H,18,19)(H,13,14,15,16)/p-1. The number of anilines is 2. The summed E-state index contributed by atoms with van der Waals surface area (Å²) in [6, 6.07) is 0. The minimum absolute atomic E-state index is 0.230. The van der Waals surface area contributed by atoms with E-state index in [4.69, 9.17) is 4.74 Å². The predicted octanol–water partition coefficient (Wildman–Crippen LogP) is -0.718. The van der Waals surface area contributed by atoms with Crippen LogP contribution in [0.1, 0.15) is 31.4 Å². The highest BCUT2D eigenvalue weighted by molar-refractivity contribution is 5.81. The lowest BCUT2D eigenvalue weighted by Crippen LogP contribution is -2.39. The molecule has 8 nitrogen and oxygen atoms in total. The molecule has 1 aliphatic rings. The van der Waals surface area contributed by atoms with E-state index in [1.54, 1.807) is 0 Å². The largest absolute Gasteiger partial charge is 0.541 e. The maximum atomic E-state index is 11.0. The molecule has 8 heteroatoms. The first kappa shape index (κ1) is 14.4. The van der Waals surface area contributed by atoms with Crippen LogP contribution in [0.25, 0.3) is 0 Å². The number of nitrogens with one attached hydrogen (secondary N) is 1. The Morgan fingerprint density at radius 1 is 1.25 bits per heavy atom. The van der Waals surface area contributed by atoms with Gasteiger partial charge in [-0.25, -0.2) is 0 Å². The Morgan fingerprint density at radius 2 is 1.90 bits per heavy atom. The van der Waals surface area contributed by atoms with Gasteiger partial charge in [-0.15, -0.1) is 0 Å². The summed E-state index contributed by atoms with van der Waals surface area (Å²) in [5.74, 6) is -1.23. The summed E-state index contributed by atoms with van der Waals surface area (Å²) in [6.45, 7) is 8.16. The number of carbonyl (C=O) groups excluding carboxylic acids is 1. The van der Waals surface area contributed by atoms with Crippen molar-refractivity contribution in [3.63, 3.8) is 0 Å². The fourth-order valence-corrected chi connectivity index (χ4v) is 1.75. The molecule has 0 amide bonds. The van der Waals surface area contributed by atoms with Crippen LogP contribution in [0.3, 0.4) is 0 Å². The number of aromatic carboxylic acids is 1. The second kappa shape index (κ2) is 5.58. The third-order valence-corrected chi connectivity index (χ3v) is 2.59. The van der Waals surface area contributed by atoms with Crippen LogP contribution < -0.4 is 15.3 Å². The summed E-state index contributed by atoms with van der Waals surface area (Å²) >= 11 is 0. The van der Waals surface area contributed by atoms with Gasteiger partial charge in [-0.05, 0) is 20.8 Å². The van der Waals surface area contributed by atoms with Gasteiger partial charge in [0.1, 0.15) is 5.97 Å². The Balaban J connectivity index is 2.32. The zero-order chi connectivity index (χ0) is 14.8. The van der Waals surface area contributed by atoms with E-state index in [2.05, 4.69) is 20.3 Å². The third-order valence-electron chi connectivity index (χ3n) is 2.59. The monoisotopic (exact) mass is 280 g/mol. The lowest BCUT2D eigenvalue weighted by Gasteiger charge is -2.28. The van der Waals surface area contributed by atoms with Gasteiger partial charge >= 0.3 is 0 Å². The fourth-order valence-electron chi connectivity index (χ4n) is 1.75. The Morgan fingerprint density at radius 3 is 2.45 bits per heavy atom. The second-order valence-corrected chi connectivity index (χ2v) is 5.54. The van der Waals surface area contributed by atoms with E-state index in [0.29, 0.717) is 32.3 Å². The molecule has 1 saturated heterocycles. The number of hydrogen-bond donors (Lipinski definition) is 1. The van der Waals surface area contributed by atoms with Crippen molar-refractivity contribution in [2.75, 3.05) is 36.5 Å². The molecule has 1 aromatic rings. The van der Waals surface area contributed by atoms with E-state index < -0.39 is 5.97 Å². The molecule has 0 unspecified atom stereocenters. The van der Waals surface area contributed by atoms with Crippen LogP contribution >= 0.6 is 0 Å². The van der Waals surface area contributed by atoms with Crippen LogP contribution in [-0.2, 0) is 4.74 Å². The molecule has 0 spiro atoms. The smallest absolute Gasteiger partial charge is 0.230 e. The molecule has 1 aliphatic heterocycles. The maximum Gasteiger partial charge on any atom is 0.230 e. The van der Waals surface area contributed by atoms with Crippen molar-refractivity contribution in [2.45, 2.75) is 26.3 Å². The van der Waals surface area contributed by atoms with Gasteiger partial charge in [-0.3, -0.25) is 0 Å². The van der Waals surface area contributed by atoms with Crippen LogP contribution in [-0.4, -0.2) is 52.8 Å². The number of carboxylic acids is 1. The van der Waals surface area contributed by atoms with Gasteiger partial charge in [0.2, 0.25) is 11.9 Å². The van der Waals surface area contributed by atoms with Crippen molar-refractivity contribution in [3.05, 3.63) is 5.82 Å². The van der Waals surface area contributed by atoms with E-state index in [1.165, 1.54) is 0 Å². The van der Waals surface area contributed by atoms with E-state index in [9.17, 15) is 9.90 Å². The number of ether oxygens (including phenoxy) is 1. The molecule has 0 aromatic carbocycles. The third kappa shape index (κ3) is 3.77. The summed E-state index contributed by atoms with van der Waals surface area (Å²) in [5.41, 5.74) is -0.285. The van der Waals surface area contributed by atoms with Gasteiger partial charge < -0.3 is 24.9 Å². The summed E-state index contributed by atoms with van der Waals surface area (Å²) in [7, 11) is 0. The Hall–Kier alpha value is -1.96. The molecule has 0 saturated carbocycles. The van der Waals surface area contributed by atoms with Crippen LogP contribution in [0.2, 0.25) is 0 Å². The van der Waals surface area contributed by atoms with E-state index >= 15 is 0 Å². The lowest BCUT2D eigenvalue weighted by molar-refractivity contribution is -0.256. The summed E-state index contributed by atoms with van der Waals surface area (Å²) in [4.78, 5) is 24.9. The van der Waals surface area contributed by atoms with Crippen molar-refractivity contribution < 1.29 is 14.6 Å². The molecule has 1 aromatic heterocycles. The number of rotatable bonds is 3. The molecule has 2 heterocycles. The number of carboxylic acid groups (broad SMARTS) is 1. The highest BCUT2D eigenvalue weighted by Crippen LogP contribution is 2.15. The second-order valence-electron chi connectivity index (χ2n) is 5.54. The number of aromatic nitrogens is 3. The summed E-state index contributed by atoms with van der Waals surface area (Å²) in [5, 5.41) is 14.1. The molecule has 0 radical (unpaired) electrons. The molecule has 0 aliphatic carbocycles. The number of nitrogens with zero attached hydrogens (tertiary/aromatic N) is 4. The first-order valence-electron chi connectivity index (χ1n) is 6.43. The highest BCUT2D eigenvalue weighted by Gasteiger charge is 2.19. The highest BCUT2D eigenvalue weighted by atomic mass is 16.5. The summed E-state index contributed by atoms with van der Waals surface area (Å²) in [6.07, 6.45) is 0. The molecule has 20 heavy (non-hydrogen) atoms. The van der Waals surface area contributed by atoms with Gasteiger partial charge in [0.25, 0.3) is 0 Å². The zero-order valence-corrected chi connectivity index (χ0v) is 11.8. The molecule has 2 rings (SSSR count). The van der Waals surface area contributed by atoms with Gasteiger partial charge in [0.05, 0.1) is 13.2 Å². The van der Waals surface area contributed by atoms with Gasteiger partial charge in [-0.2, -0.15) is 15.0 Å². The first-order valence-corrected chi connectivity index (χ1v) is 6.43. The van der Waals surface area contributed by atoms with Gasteiger partial charge in [0.15, 0.2) is 5.82 Å². The van der Waals surface area contributed by atoms with E-state index in [-0.39, 0.29) is 17.3 Å². The number of morpholine rings is 1. The van der Waals surface area contributed by atoms with Crippen molar-refractivity contribution in [1.82, 2.24) is 15.0 Å². The molecule has 0 atom stereocenters. The van der Waals surface area contributed by atoms with Crippen molar-refractivity contribution in [3.8, 4) is 0 Å². The van der Waals surface area contributed by atoms with Crippen molar-refractivity contribution in [1.29, 1.82) is 0 Å². The minimum atomic E-state index is -1.42. The number of carbonyl (C=O) groups is 1. The predicted molar refractivity (Wildman–Crippen MR) is 70.6 cm³/mol. The van der Waals surface area contributed by atoms with Crippen LogP contribution in [0, 0.1) is 0 Å². The van der Waals surface area contributed by atoms with Gasteiger partial charge in [-0.1, -0.05) is 0 Å². The zero-order valence-electron chi connectivity index (χ0n) is 11.8. The normalized spacial score (nSPS) is 16.1. The van der Waals surface area contributed by atoms with Crippen LogP contribution in [0.15, 0.2) is 0 Å². The van der Waals surface area contributed by atoms with E-state index in [1.807, 2.05) is 25.7 Å². The minimum Gasteiger partial charge on any atom is -0.541 e. The molecule has 1 fully saturated rings. The number of hydrogen-bond acceptors (Lipinski definition) is 8. The fraction of sp³-hybridized carbons (Fsp3) is 0.667. The molecule has 110 valence electrons. The molecule has 0 bridgehead atoms. The maximum absolute atomic E-state index is 11.0. The van der Waals surface area contributed by atoms with Crippen molar-refractivity contribution in [2.24, 2.45) is 0 Å². The molecular formula is C12H18N5O3-. The molecule has 1 N–H and O–H groups in total. The topological polar surface area (TPSA) is 103 Å². The summed E-state index contributed by atoms with van der Waals surface area (Å²) < 4.78 is 5.25. The molecular weight excluding hydrogens is 262 g/mol. The van der Waals surface area contributed by atoms with Gasteiger partial charge in [0, 0.05) is 18.6 Å². The van der Waals surface area contributed by atoms with Crippen LogP contribution in [0.4, 0.5) is 11.9 Å². The van der Waals surface area contributed by atoms with E-state index in [0.717, 1.165) is 0 Å². The average Bonchev–Trinajstić information content (AvgIpc) is 2.37.